The summed E-state index contributed by atoms with van der Waals surface area (Å²) in [7, 11) is 0. The van der Waals surface area contributed by atoms with Gasteiger partial charge in [0.05, 0.1) is 22.2 Å². The molecule has 0 spiro atoms. The van der Waals surface area contributed by atoms with Crippen LogP contribution in [0, 0.1) is 31.0 Å². The van der Waals surface area contributed by atoms with Gasteiger partial charge in [-0.15, -0.1) is 0 Å². The molecule has 1 heterocycles. The van der Waals surface area contributed by atoms with Gasteiger partial charge in [-0.1, -0.05) is 0 Å². The van der Waals surface area contributed by atoms with Gasteiger partial charge in [0.15, 0.2) is 4.77 Å². The molecule has 0 fully saturated rings. The minimum absolute atomic E-state index is 0.344. The highest BCUT2D eigenvalue weighted by Crippen LogP contribution is 2.23. The Morgan fingerprint density at radius 1 is 1.05 bits per heavy atom. The van der Waals surface area contributed by atoms with E-state index in [9.17, 15) is 0 Å². The zero-order valence-electron chi connectivity index (χ0n) is 10.6. The molecule has 6 heteroatoms. The Morgan fingerprint density at radius 3 is 2.52 bits per heavy atom. The number of nitrogens with one attached hydrogen (secondary N) is 1. The lowest BCUT2D eigenvalue weighted by atomic mass is 10.1. The van der Waals surface area contributed by atoms with Gasteiger partial charge < -0.3 is 4.98 Å². The van der Waals surface area contributed by atoms with E-state index >= 15 is 0 Å². The van der Waals surface area contributed by atoms with Gasteiger partial charge in [0.25, 0.3) is 0 Å². The summed E-state index contributed by atoms with van der Waals surface area (Å²) in [5.74, 6) is 0. The molecule has 0 amide bonds. The summed E-state index contributed by atoms with van der Waals surface area (Å²) in [6, 6.07) is 15.2. The zero-order valence-corrected chi connectivity index (χ0v) is 13.6. The fourth-order valence-corrected chi connectivity index (χ4v) is 3.01. The molecule has 1 aromatic heterocycles. The van der Waals surface area contributed by atoms with E-state index in [-0.39, 0.29) is 0 Å². The molecule has 2 aromatic carbocycles. The molecule has 0 bridgehead atoms. The third-order valence-electron chi connectivity index (χ3n) is 3.15. The summed E-state index contributed by atoms with van der Waals surface area (Å²) >= 11 is 7.62. The Labute approximate surface area is 139 Å². The number of fused-ring (bicyclic) bond motifs is 1. The Balaban J connectivity index is 2.32. The highest BCUT2D eigenvalue weighted by Gasteiger charge is 2.09. The van der Waals surface area contributed by atoms with E-state index in [1.54, 1.807) is 18.2 Å². The van der Waals surface area contributed by atoms with E-state index in [0.29, 0.717) is 15.9 Å². The third-order valence-corrected chi connectivity index (χ3v) is 4.10. The van der Waals surface area contributed by atoms with Gasteiger partial charge in [0.2, 0.25) is 0 Å². The van der Waals surface area contributed by atoms with Crippen LogP contribution in [0.2, 0.25) is 0 Å². The van der Waals surface area contributed by atoms with Gasteiger partial charge in [0, 0.05) is 9.26 Å². The fraction of sp³-hybridized carbons (Fsp3) is 0. The number of aromatic amines is 1. The normalized spacial score (nSPS) is 10.2. The van der Waals surface area contributed by atoms with Crippen LogP contribution < -0.4 is 0 Å². The highest BCUT2D eigenvalue weighted by molar-refractivity contribution is 14.1. The Morgan fingerprint density at radius 2 is 1.81 bits per heavy atom. The average Bonchev–Trinajstić information content (AvgIpc) is 2.81. The van der Waals surface area contributed by atoms with Crippen LogP contribution >= 0.6 is 34.8 Å². The second-order valence-electron chi connectivity index (χ2n) is 4.38. The minimum atomic E-state index is 0.344. The lowest BCUT2D eigenvalue weighted by molar-refractivity contribution is 1.06. The Kier molecular flexibility index (Phi) is 3.50. The average molecular weight is 402 g/mol. The number of aromatic nitrogens is 2. The van der Waals surface area contributed by atoms with E-state index in [1.807, 2.05) is 34.9 Å². The number of imidazole rings is 1. The molecule has 0 aliphatic heterocycles. The first-order valence-electron chi connectivity index (χ1n) is 5.99. The third kappa shape index (κ3) is 2.33. The Bertz CT molecular complexity index is 1000. The van der Waals surface area contributed by atoms with E-state index in [4.69, 9.17) is 22.7 Å². The molecule has 1 N–H and O–H groups in total. The van der Waals surface area contributed by atoms with E-state index < -0.39 is 0 Å². The van der Waals surface area contributed by atoms with Crippen LogP contribution in [0.1, 0.15) is 11.1 Å². The number of halogens is 1. The maximum atomic E-state index is 9.15. The van der Waals surface area contributed by atoms with Crippen molar-refractivity contribution < 1.29 is 0 Å². The summed E-state index contributed by atoms with van der Waals surface area (Å²) in [5, 5.41) is 18.1. The number of hydrogen-bond acceptors (Lipinski definition) is 3. The number of nitriles is 2. The molecule has 0 saturated heterocycles. The van der Waals surface area contributed by atoms with Gasteiger partial charge in [-0.25, -0.2) is 0 Å². The zero-order chi connectivity index (χ0) is 15.0. The smallest absolute Gasteiger partial charge is 0.182 e. The first kappa shape index (κ1) is 13.8. The fourth-order valence-electron chi connectivity index (χ4n) is 2.20. The monoisotopic (exact) mass is 402 g/mol. The SMILES string of the molecule is N#Cc1ccc(-n2c(=S)[nH]c3cc(I)ccc32)cc1C#N. The van der Waals surface area contributed by atoms with Crippen molar-refractivity contribution in [2.45, 2.75) is 0 Å². The molecule has 0 radical (unpaired) electrons. The van der Waals surface area contributed by atoms with E-state index in [2.05, 4.69) is 27.6 Å². The number of rotatable bonds is 1. The molecular weight excluding hydrogens is 395 g/mol. The van der Waals surface area contributed by atoms with Gasteiger partial charge in [-0.3, -0.25) is 4.57 Å². The van der Waals surface area contributed by atoms with Crippen molar-refractivity contribution in [3.63, 3.8) is 0 Å². The van der Waals surface area contributed by atoms with Crippen LogP contribution in [0.4, 0.5) is 0 Å². The predicted molar refractivity (Wildman–Crippen MR) is 90.6 cm³/mol. The summed E-state index contributed by atoms with van der Waals surface area (Å²) in [4.78, 5) is 3.16. The van der Waals surface area contributed by atoms with Crippen molar-refractivity contribution in [1.29, 1.82) is 10.5 Å². The molecule has 0 atom stereocenters. The van der Waals surface area contributed by atoms with Crippen LogP contribution in [0.25, 0.3) is 16.7 Å². The van der Waals surface area contributed by atoms with Crippen molar-refractivity contribution in [2.24, 2.45) is 0 Å². The molecule has 21 heavy (non-hydrogen) atoms. The van der Waals surface area contributed by atoms with E-state index in [1.165, 1.54) is 0 Å². The van der Waals surface area contributed by atoms with Crippen LogP contribution in [-0.2, 0) is 0 Å². The lowest BCUT2D eigenvalue weighted by Gasteiger charge is -2.06. The summed E-state index contributed by atoms with van der Waals surface area (Å²) in [5.41, 5.74) is 3.35. The molecule has 100 valence electrons. The molecule has 0 unspecified atom stereocenters. The largest absolute Gasteiger partial charge is 0.330 e. The predicted octanol–water partition coefficient (Wildman–Crippen LogP) is 4.04. The standard InChI is InChI=1S/C15H7IN4S/c16-11-2-4-14-13(6-11)19-15(21)20(14)12-3-1-9(7-17)10(5-12)8-18/h1-6H,(H,19,21). The first-order chi connectivity index (χ1) is 10.1. The van der Waals surface area contributed by atoms with E-state index in [0.717, 1.165) is 20.3 Å². The molecule has 3 rings (SSSR count). The molecule has 0 saturated carbocycles. The Hall–Kier alpha value is -2.16. The number of hydrogen-bond donors (Lipinski definition) is 1. The first-order valence-corrected chi connectivity index (χ1v) is 7.47. The molecule has 4 nitrogen and oxygen atoms in total. The van der Waals surface area contributed by atoms with Crippen molar-refractivity contribution in [3.05, 3.63) is 55.9 Å². The lowest BCUT2D eigenvalue weighted by Crippen LogP contribution is -1.96. The number of H-pyrrole nitrogens is 1. The topological polar surface area (TPSA) is 68.3 Å². The maximum absolute atomic E-state index is 9.15. The molecular formula is C15H7IN4S. The highest BCUT2D eigenvalue weighted by atomic mass is 127. The molecule has 0 aliphatic rings. The van der Waals surface area contributed by atoms with Gasteiger partial charge in [-0.05, 0) is 71.2 Å². The second kappa shape index (κ2) is 5.32. The summed E-state index contributed by atoms with van der Waals surface area (Å²) in [6.07, 6.45) is 0. The summed E-state index contributed by atoms with van der Waals surface area (Å²) in [6.45, 7) is 0. The van der Waals surface area contributed by atoms with Crippen LogP contribution in [0.5, 0.6) is 0 Å². The maximum Gasteiger partial charge on any atom is 0.182 e. The quantitative estimate of drug-likeness (QED) is 0.494. The van der Waals surface area contributed by atoms with Crippen molar-refractivity contribution in [1.82, 2.24) is 9.55 Å². The second-order valence-corrected chi connectivity index (χ2v) is 6.01. The molecule has 3 aromatic rings. The summed E-state index contributed by atoms with van der Waals surface area (Å²) < 4.78 is 3.53. The van der Waals surface area contributed by atoms with Crippen molar-refractivity contribution in [3.8, 4) is 17.8 Å². The van der Waals surface area contributed by atoms with Gasteiger partial charge in [-0.2, -0.15) is 10.5 Å². The molecule has 0 aliphatic carbocycles. The van der Waals surface area contributed by atoms with Gasteiger partial charge >= 0.3 is 0 Å². The van der Waals surface area contributed by atoms with Crippen LogP contribution in [0.15, 0.2) is 36.4 Å². The van der Waals surface area contributed by atoms with Crippen molar-refractivity contribution in [2.75, 3.05) is 0 Å². The minimum Gasteiger partial charge on any atom is -0.330 e. The number of nitrogens with zero attached hydrogens (tertiary/aromatic N) is 3. The van der Waals surface area contributed by atoms with Crippen LogP contribution in [0.3, 0.4) is 0 Å². The van der Waals surface area contributed by atoms with Crippen molar-refractivity contribution >= 4 is 45.8 Å². The number of benzene rings is 2. The van der Waals surface area contributed by atoms with Gasteiger partial charge in [0.1, 0.15) is 12.1 Å². The van der Waals surface area contributed by atoms with Crippen LogP contribution in [-0.4, -0.2) is 9.55 Å².